The zero-order valence-corrected chi connectivity index (χ0v) is 12.9. The van der Waals surface area contributed by atoms with Crippen LogP contribution in [-0.2, 0) is 9.59 Å². The molecular weight excluding hydrogens is 310 g/mol. The lowest BCUT2D eigenvalue weighted by Gasteiger charge is -2.13. The summed E-state index contributed by atoms with van der Waals surface area (Å²) in [4.78, 5) is 25.6. The van der Waals surface area contributed by atoms with Crippen molar-refractivity contribution in [2.75, 3.05) is 18.4 Å². The summed E-state index contributed by atoms with van der Waals surface area (Å²) in [5.41, 5.74) is 0.620. The third-order valence-corrected chi connectivity index (χ3v) is 3.53. The van der Waals surface area contributed by atoms with Gasteiger partial charge in [-0.05, 0) is 43.4 Å². The van der Waals surface area contributed by atoms with Crippen molar-refractivity contribution in [3.63, 3.8) is 0 Å². The maximum Gasteiger partial charge on any atom is 0.260 e. The summed E-state index contributed by atoms with van der Waals surface area (Å²) in [6, 6.07) is 6.65. The normalized spacial score (nSPS) is 14.9. The number of ketones is 1. The molecule has 1 aliphatic heterocycles. The molecule has 0 radical (unpaired) electrons. The Morgan fingerprint density at radius 1 is 1.38 bits per heavy atom. The number of halogens is 1. The van der Waals surface area contributed by atoms with Crippen molar-refractivity contribution in [2.45, 2.75) is 6.92 Å². The number of Topliss-reactive ketones (excluding diaryl/α,β-unsaturated/α-hetero) is 1. The van der Waals surface area contributed by atoms with E-state index in [9.17, 15) is 9.59 Å². The maximum atomic E-state index is 12.2. The third kappa shape index (κ3) is 4.03. The Kier molecular flexibility index (Phi) is 4.93. The van der Waals surface area contributed by atoms with Crippen molar-refractivity contribution in [1.82, 2.24) is 10.2 Å². The van der Waals surface area contributed by atoms with Gasteiger partial charge in [-0.3, -0.25) is 9.59 Å². The molecule has 0 unspecified atom stereocenters. The van der Waals surface area contributed by atoms with Gasteiger partial charge in [0.2, 0.25) is 0 Å². The molecule has 0 spiro atoms. The molecule has 2 rings (SSSR count). The van der Waals surface area contributed by atoms with Crippen molar-refractivity contribution in [2.24, 2.45) is 0 Å². The fourth-order valence-corrected chi connectivity index (χ4v) is 2.18. The molecule has 7 heteroatoms. The highest BCUT2D eigenvalue weighted by atomic mass is 35.5. The van der Waals surface area contributed by atoms with Crippen LogP contribution in [0.2, 0.25) is 5.02 Å². The van der Waals surface area contributed by atoms with Crippen molar-refractivity contribution in [3.05, 3.63) is 41.1 Å². The molecule has 1 aliphatic rings. The Hall–Kier alpha value is -1.92. The summed E-state index contributed by atoms with van der Waals surface area (Å²) in [6.07, 6.45) is 1.48. The number of anilines is 1. The first kappa shape index (κ1) is 15.5. The van der Waals surface area contributed by atoms with E-state index in [0.29, 0.717) is 28.9 Å². The van der Waals surface area contributed by atoms with Crippen LogP contribution in [0.3, 0.4) is 0 Å². The Bertz CT molecular complexity index is 613. The smallest absolute Gasteiger partial charge is 0.260 e. The molecule has 1 amide bonds. The summed E-state index contributed by atoms with van der Waals surface area (Å²) in [6.45, 7) is 2.67. The van der Waals surface area contributed by atoms with E-state index in [1.54, 1.807) is 29.2 Å². The van der Waals surface area contributed by atoms with Crippen molar-refractivity contribution < 1.29 is 9.59 Å². The number of amides is 1. The number of thiocarbonyl (C=S) groups is 1. The van der Waals surface area contributed by atoms with Gasteiger partial charge >= 0.3 is 0 Å². The van der Waals surface area contributed by atoms with Crippen molar-refractivity contribution in [1.29, 1.82) is 0 Å². The lowest BCUT2D eigenvalue weighted by Crippen LogP contribution is -2.27. The summed E-state index contributed by atoms with van der Waals surface area (Å²) < 4.78 is 0. The summed E-state index contributed by atoms with van der Waals surface area (Å²) in [5, 5.41) is 6.71. The minimum absolute atomic E-state index is 0.0519. The van der Waals surface area contributed by atoms with Crippen LogP contribution in [0.15, 0.2) is 36.0 Å². The van der Waals surface area contributed by atoms with E-state index in [2.05, 4.69) is 10.6 Å². The Balaban J connectivity index is 2.16. The Morgan fingerprint density at radius 3 is 2.57 bits per heavy atom. The molecule has 1 fully saturated rings. The second-order valence-electron chi connectivity index (χ2n) is 4.49. The lowest BCUT2D eigenvalue weighted by atomic mass is 10.1. The van der Waals surface area contributed by atoms with E-state index >= 15 is 0 Å². The Labute approximate surface area is 133 Å². The number of rotatable bonds is 4. The van der Waals surface area contributed by atoms with E-state index in [0.717, 1.165) is 0 Å². The molecule has 21 heavy (non-hydrogen) atoms. The zero-order valence-electron chi connectivity index (χ0n) is 11.4. The van der Waals surface area contributed by atoms with Gasteiger partial charge in [-0.2, -0.15) is 0 Å². The SMILES string of the molecule is CC(=O)C(=CN1CCNC1=S)C(=O)Nc1ccc(Cl)cc1. The number of carbonyl (C=O) groups excluding carboxylic acids is 2. The van der Waals surface area contributed by atoms with Gasteiger partial charge < -0.3 is 15.5 Å². The molecule has 0 aliphatic carbocycles. The van der Waals surface area contributed by atoms with Crippen LogP contribution in [0, 0.1) is 0 Å². The first-order chi connectivity index (χ1) is 9.97. The van der Waals surface area contributed by atoms with Crippen LogP contribution < -0.4 is 10.6 Å². The number of benzene rings is 1. The van der Waals surface area contributed by atoms with Crippen LogP contribution in [0.5, 0.6) is 0 Å². The second kappa shape index (κ2) is 6.69. The highest BCUT2D eigenvalue weighted by molar-refractivity contribution is 7.80. The number of hydrogen-bond acceptors (Lipinski definition) is 3. The van der Waals surface area contributed by atoms with Crippen LogP contribution in [0.4, 0.5) is 5.69 Å². The van der Waals surface area contributed by atoms with Gasteiger partial charge in [-0.25, -0.2) is 0 Å². The maximum absolute atomic E-state index is 12.2. The number of nitrogens with one attached hydrogen (secondary N) is 2. The highest BCUT2D eigenvalue weighted by Crippen LogP contribution is 2.15. The van der Waals surface area contributed by atoms with Gasteiger partial charge in [0.25, 0.3) is 5.91 Å². The minimum atomic E-state index is -0.473. The first-order valence-corrected chi connectivity index (χ1v) is 7.10. The Morgan fingerprint density at radius 2 is 2.05 bits per heavy atom. The molecule has 2 N–H and O–H groups in total. The molecule has 0 atom stereocenters. The number of nitrogens with zero attached hydrogens (tertiary/aromatic N) is 1. The van der Waals surface area contributed by atoms with Crippen LogP contribution in [-0.4, -0.2) is 34.8 Å². The largest absolute Gasteiger partial charge is 0.360 e. The molecule has 0 aromatic heterocycles. The fraction of sp³-hybridized carbons (Fsp3) is 0.214. The summed E-state index contributed by atoms with van der Waals surface area (Å²) in [5.74, 6) is -0.796. The molecule has 110 valence electrons. The predicted octanol–water partition coefficient (Wildman–Crippen LogP) is 1.94. The average Bonchev–Trinajstić information content (AvgIpc) is 2.83. The number of hydrogen-bond donors (Lipinski definition) is 2. The minimum Gasteiger partial charge on any atom is -0.360 e. The predicted molar refractivity (Wildman–Crippen MR) is 86.2 cm³/mol. The van der Waals surface area contributed by atoms with Gasteiger partial charge in [0.05, 0.1) is 5.57 Å². The number of carbonyl (C=O) groups is 2. The standard InChI is InChI=1S/C14H14ClN3O2S/c1-9(19)12(8-18-7-6-16-14(18)21)13(20)17-11-4-2-10(15)3-5-11/h2-5,8H,6-7H2,1H3,(H,16,21)(H,17,20). The van der Waals surface area contributed by atoms with Crippen molar-refractivity contribution >= 4 is 46.3 Å². The van der Waals surface area contributed by atoms with Gasteiger partial charge in [0.1, 0.15) is 0 Å². The van der Waals surface area contributed by atoms with Crippen molar-refractivity contribution in [3.8, 4) is 0 Å². The van der Waals surface area contributed by atoms with E-state index in [1.165, 1.54) is 13.1 Å². The molecular formula is C14H14ClN3O2S. The van der Waals surface area contributed by atoms with E-state index in [4.69, 9.17) is 23.8 Å². The first-order valence-electron chi connectivity index (χ1n) is 6.31. The van der Waals surface area contributed by atoms with E-state index in [1.807, 2.05) is 0 Å². The van der Waals surface area contributed by atoms with Crippen LogP contribution in [0.25, 0.3) is 0 Å². The molecule has 0 saturated carbocycles. The van der Waals surface area contributed by atoms with Gasteiger partial charge in [0, 0.05) is 30.0 Å². The fourth-order valence-electron chi connectivity index (χ4n) is 1.81. The lowest BCUT2D eigenvalue weighted by molar-refractivity contribution is -0.119. The van der Waals surface area contributed by atoms with E-state index in [-0.39, 0.29) is 11.4 Å². The molecule has 1 aromatic carbocycles. The third-order valence-electron chi connectivity index (χ3n) is 2.90. The van der Waals surface area contributed by atoms with Gasteiger partial charge in [-0.1, -0.05) is 11.6 Å². The highest BCUT2D eigenvalue weighted by Gasteiger charge is 2.20. The van der Waals surface area contributed by atoms with Gasteiger partial charge in [-0.15, -0.1) is 0 Å². The monoisotopic (exact) mass is 323 g/mol. The quantitative estimate of drug-likeness (QED) is 0.384. The molecule has 1 heterocycles. The second-order valence-corrected chi connectivity index (χ2v) is 5.31. The summed E-state index contributed by atoms with van der Waals surface area (Å²) in [7, 11) is 0. The topological polar surface area (TPSA) is 61.4 Å². The van der Waals surface area contributed by atoms with Gasteiger partial charge in [0.15, 0.2) is 10.9 Å². The molecule has 1 saturated heterocycles. The average molecular weight is 324 g/mol. The molecule has 5 nitrogen and oxygen atoms in total. The summed E-state index contributed by atoms with van der Waals surface area (Å²) >= 11 is 10.9. The molecule has 1 aromatic rings. The van der Waals surface area contributed by atoms with Crippen LogP contribution >= 0.6 is 23.8 Å². The molecule has 0 bridgehead atoms. The zero-order chi connectivity index (χ0) is 15.4. The van der Waals surface area contributed by atoms with E-state index < -0.39 is 5.91 Å². The van der Waals surface area contributed by atoms with Crippen LogP contribution in [0.1, 0.15) is 6.92 Å².